The van der Waals surface area contributed by atoms with E-state index in [1.807, 2.05) is 50.2 Å². The van der Waals surface area contributed by atoms with E-state index in [1.54, 1.807) is 24.3 Å². The van der Waals surface area contributed by atoms with E-state index in [9.17, 15) is 18.3 Å². The minimum atomic E-state index is -3.75. The lowest BCUT2D eigenvalue weighted by atomic mass is 9.77. The lowest BCUT2D eigenvalue weighted by molar-refractivity contribution is 0.0697. The minimum absolute atomic E-state index is 0.00574. The molecule has 1 aliphatic carbocycles. The molecule has 3 atom stereocenters. The van der Waals surface area contributed by atoms with Crippen molar-refractivity contribution in [1.29, 1.82) is 0 Å². The smallest absolute Gasteiger partial charge is 0.335 e. The third kappa shape index (κ3) is 4.07. The SMILES string of the molecule is Cc1cc(C)cc(NS(=O)(=O)c2ccc3c(c2)[C@H]2C=CC[C@H]2[C@@H](c2ccc(C(=O)O)cc2)N3)c1. The number of carbonyl (C=O) groups is 1. The van der Waals surface area contributed by atoms with Gasteiger partial charge in [-0.05, 0) is 90.9 Å². The van der Waals surface area contributed by atoms with Crippen molar-refractivity contribution in [2.24, 2.45) is 5.92 Å². The second-order valence-corrected chi connectivity index (χ2v) is 10.8. The molecule has 0 bridgehead atoms. The summed E-state index contributed by atoms with van der Waals surface area (Å²) in [6.45, 7) is 3.88. The first kappa shape index (κ1) is 22.2. The van der Waals surface area contributed by atoms with E-state index in [0.717, 1.165) is 34.4 Å². The number of aromatic carboxylic acids is 1. The van der Waals surface area contributed by atoms with Crippen molar-refractivity contribution < 1.29 is 18.3 Å². The Hall–Kier alpha value is -3.58. The highest BCUT2D eigenvalue weighted by Crippen LogP contribution is 2.50. The lowest BCUT2D eigenvalue weighted by Gasteiger charge is -2.37. The zero-order chi connectivity index (χ0) is 24.0. The molecule has 5 rings (SSSR count). The van der Waals surface area contributed by atoms with Crippen LogP contribution in [0.5, 0.6) is 0 Å². The zero-order valence-electron chi connectivity index (χ0n) is 18.9. The van der Waals surface area contributed by atoms with Crippen molar-refractivity contribution in [2.45, 2.75) is 37.1 Å². The van der Waals surface area contributed by atoms with Crippen LogP contribution in [-0.4, -0.2) is 19.5 Å². The Morgan fingerprint density at radius 2 is 1.71 bits per heavy atom. The van der Waals surface area contributed by atoms with Crippen molar-refractivity contribution in [1.82, 2.24) is 0 Å². The number of aryl methyl sites for hydroxylation is 2. The fourth-order valence-corrected chi connectivity index (χ4v) is 6.23. The number of anilines is 2. The molecule has 3 aromatic carbocycles. The molecule has 0 amide bonds. The fourth-order valence-electron chi connectivity index (χ4n) is 5.15. The Labute approximate surface area is 199 Å². The van der Waals surface area contributed by atoms with Gasteiger partial charge in [0.1, 0.15) is 0 Å². The summed E-state index contributed by atoms with van der Waals surface area (Å²) in [5.74, 6) is -0.651. The lowest BCUT2D eigenvalue weighted by Crippen LogP contribution is -2.29. The summed E-state index contributed by atoms with van der Waals surface area (Å²) in [5.41, 5.74) is 5.67. The molecule has 1 aliphatic heterocycles. The van der Waals surface area contributed by atoms with Crippen LogP contribution in [0.15, 0.2) is 77.7 Å². The maximum Gasteiger partial charge on any atom is 0.335 e. The predicted octanol–water partition coefficient (Wildman–Crippen LogP) is 5.63. The van der Waals surface area contributed by atoms with E-state index < -0.39 is 16.0 Å². The molecule has 34 heavy (non-hydrogen) atoms. The molecule has 0 aromatic heterocycles. The molecule has 174 valence electrons. The van der Waals surface area contributed by atoms with Crippen molar-refractivity contribution in [3.63, 3.8) is 0 Å². The monoisotopic (exact) mass is 474 g/mol. The van der Waals surface area contributed by atoms with Crippen LogP contribution in [0.4, 0.5) is 11.4 Å². The summed E-state index contributed by atoms with van der Waals surface area (Å²) < 4.78 is 29.1. The Morgan fingerprint density at radius 1 is 1.00 bits per heavy atom. The standard InChI is InChI=1S/C27H26N2O4S/c1-16-12-17(2)14-20(13-16)29-34(32,33)21-10-11-25-24(15-21)22-4-3-5-23(22)26(28-25)18-6-8-19(9-7-18)27(30)31/h3-4,6-15,22-23,26,28-29H,5H2,1-2H3,(H,30,31)/t22-,23+,26+/m0/s1. The van der Waals surface area contributed by atoms with Gasteiger partial charge in [-0.25, -0.2) is 13.2 Å². The Balaban J connectivity index is 1.47. The number of carboxylic acid groups (broad SMARTS) is 1. The van der Waals surface area contributed by atoms with E-state index in [4.69, 9.17) is 0 Å². The van der Waals surface area contributed by atoms with Crippen molar-refractivity contribution in [2.75, 3.05) is 10.0 Å². The average Bonchev–Trinajstić information content (AvgIpc) is 3.27. The second kappa shape index (κ2) is 8.33. The second-order valence-electron chi connectivity index (χ2n) is 9.13. The summed E-state index contributed by atoms with van der Waals surface area (Å²) in [6, 6.07) is 17.8. The van der Waals surface area contributed by atoms with E-state index in [2.05, 4.69) is 22.2 Å². The van der Waals surface area contributed by atoms with E-state index in [-0.39, 0.29) is 28.3 Å². The van der Waals surface area contributed by atoms with Crippen LogP contribution in [0.2, 0.25) is 0 Å². The van der Waals surface area contributed by atoms with Crippen LogP contribution in [0.1, 0.15) is 51.0 Å². The number of fused-ring (bicyclic) bond motifs is 3. The Kier molecular flexibility index (Phi) is 5.44. The number of sulfonamides is 1. The number of benzene rings is 3. The maximum absolute atomic E-state index is 13.2. The first-order valence-corrected chi connectivity index (χ1v) is 12.7. The summed E-state index contributed by atoms with van der Waals surface area (Å²) in [6.07, 6.45) is 5.15. The van der Waals surface area contributed by atoms with Crippen LogP contribution in [-0.2, 0) is 10.0 Å². The molecule has 1 heterocycles. The Morgan fingerprint density at radius 3 is 2.38 bits per heavy atom. The molecule has 0 unspecified atom stereocenters. The molecule has 0 saturated heterocycles. The minimum Gasteiger partial charge on any atom is -0.478 e. The van der Waals surface area contributed by atoms with Gasteiger partial charge in [0, 0.05) is 17.3 Å². The van der Waals surface area contributed by atoms with Crippen LogP contribution >= 0.6 is 0 Å². The van der Waals surface area contributed by atoms with E-state index in [1.165, 1.54) is 0 Å². The number of hydrogen-bond donors (Lipinski definition) is 3. The van der Waals surface area contributed by atoms with E-state index >= 15 is 0 Å². The summed E-state index contributed by atoms with van der Waals surface area (Å²) in [4.78, 5) is 11.4. The molecular formula is C27H26N2O4S. The van der Waals surface area contributed by atoms with Crippen LogP contribution < -0.4 is 10.0 Å². The first-order valence-electron chi connectivity index (χ1n) is 11.2. The molecule has 0 fully saturated rings. The highest BCUT2D eigenvalue weighted by atomic mass is 32.2. The van der Waals surface area contributed by atoms with Crippen LogP contribution in [0.25, 0.3) is 0 Å². The predicted molar refractivity (Wildman–Crippen MR) is 133 cm³/mol. The highest BCUT2D eigenvalue weighted by Gasteiger charge is 2.38. The highest BCUT2D eigenvalue weighted by molar-refractivity contribution is 7.92. The van der Waals surface area contributed by atoms with Gasteiger partial charge in [0.2, 0.25) is 0 Å². The van der Waals surface area contributed by atoms with Crippen molar-refractivity contribution in [3.8, 4) is 0 Å². The molecule has 0 spiro atoms. The summed E-state index contributed by atoms with van der Waals surface area (Å²) in [7, 11) is -3.75. The molecular weight excluding hydrogens is 448 g/mol. The van der Waals surface area contributed by atoms with Gasteiger partial charge in [0.05, 0.1) is 16.5 Å². The van der Waals surface area contributed by atoms with Gasteiger partial charge < -0.3 is 10.4 Å². The summed E-state index contributed by atoms with van der Waals surface area (Å²) in [5, 5.41) is 12.8. The number of carboxylic acids is 1. The number of hydrogen-bond acceptors (Lipinski definition) is 4. The normalized spacial score (nSPS) is 20.8. The maximum atomic E-state index is 13.2. The largest absolute Gasteiger partial charge is 0.478 e. The molecule has 2 aliphatic rings. The Bertz CT molecular complexity index is 1390. The molecule has 0 saturated carbocycles. The van der Waals surface area contributed by atoms with Gasteiger partial charge in [0.15, 0.2) is 0 Å². The van der Waals surface area contributed by atoms with Gasteiger partial charge in [-0.3, -0.25) is 4.72 Å². The van der Waals surface area contributed by atoms with Gasteiger partial charge in [-0.1, -0.05) is 30.4 Å². The van der Waals surface area contributed by atoms with Crippen molar-refractivity contribution >= 4 is 27.4 Å². The third-order valence-electron chi connectivity index (χ3n) is 6.64. The van der Waals surface area contributed by atoms with E-state index in [0.29, 0.717) is 5.69 Å². The van der Waals surface area contributed by atoms with Crippen LogP contribution in [0, 0.1) is 19.8 Å². The molecule has 6 nitrogen and oxygen atoms in total. The fraction of sp³-hybridized carbons (Fsp3) is 0.222. The van der Waals surface area contributed by atoms with Gasteiger partial charge in [0.25, 0.3) is 10.0 Å². The topological polar surface area (TPSA) is 95.5 Å². The van der Waals surface area contributed by atoms with Gasteiger partial charge in [-0.2, -0.15) is 0 Å². The summed E-state index contributed by atoms with van der Waals surface area (Å²) >= 11 is 0. The van der Waals surface area contributed by atoms with Gasteiger partial charge >= 0.3 is 5.97 Å². The quantitative estimate of drug-likeness (QED) is 0.417. The molecule has 3 N–H and O–H groups in total. The molecule has 0 radical (unpaired) electrons. The number of nitrogens with one attached hydrogen (secondary N) is 2. The zero-order valence-corrected chi connectivity index (χ0v) is 19.8. The molecule has 3 aromatic rings. The van der Waals surface area contributed by atoms with Crippen molar-refractivity contribution in [3.05, 3.63) is 101 Å². The molecule has 7 heteroatoms. The third-order valence-corrected chi connectivity index (χ3v) is 8.01. The first-order chi connectivity index (χ1) is 16.2. The van der Waals surface area contributed by atoms with Gasteiger partial charge in [-0.15, -0.1) is 0 Å². The van der Waals surface area contributed by atoms with Crippen LogP contribution in [0.3, 0.4) is 0 Å². The number of allylic oxidation sites excluding steroid dienone is 2. The number of rotatable bonds is 5. The average molecular weight is 475 g/mol.